The molecule has 2 aliphatic heterocycles. The highest BCUT2D eigenvalue weighted by Gasteiger charge is 2.54. The number of anilines is 2. The van der Waals surface area contributed by atoms with Gasteiger partial charge in [-0.1, -0.05) is 17.3 Å². The molecule has 1 aliphatic carbocycles. The molecule has 20 heteroatoms. The first-order valence-corrected chi connectivity index (χ1v) is 18.0. The summed E-state index contributed by atoms with van der Waals surface area (Å²) in [6.45, 7) is 0. The molecule has 0 saturated carbocycles. The highest BCUT2D eigenvalue weighted by molar-refractivity contribution is 8.00. The first-order valence-electron chi connectivity index (χ1n) is 15.1. The second kappa shape index (κ2) is 14.4. The molecule has 1 aromatic carbocycles. The number of nitrogen functional groups attached to an aromatic ring is 3. The van der Waals surface area contributed by atoms with Crippen LogP contribution in [0.15, 0.2) is 57.3 Å². The number of thiazole rings is 1. The number of allylic oxidation sites excluding steroid dienone is 1. The Morgan fingerprint density at radius 2 is 2.00 bits per heavy atom. The molecule has 2 amide bonds. The molecule has 17 nitrogen and oxygen atoms in total. The van der Waals surface area contributed by atoms with Crippen molar-refractivity contribution in [3.8, 4) is 11.5 Å². The fourth-order valence-corrected chi connectivity index (χ4v) is 8.24. The number of aliphatic hydroxyl groups is 1. The second-order valence-electron chi connectivity index (χ2n) is 11.3. The molecule has 4 heterocycles. The predicted octanol–water partition coefficient (Wildman–Crippen LogP) is 0.493. The van der Waals surface area contributed by atoms with Crippen LogP contribution in [0.3, 0.4) is 0 Å². The van der Waals surface area contributed by atoms with Crippen molar-refractivity contribution in [3.63, 3.8) is 0 Å². The van der Waals surface area contributed by atoms with Gasteiger partial charge in [-0.15, -0.1) is 27.8 Å². The lowest BCUT2D eigenvalue weighted by Gasteiger charge is -2.49. The van der Waals surface area contributed by atoms with Crippen LogP contribution in [0.5, 0.6) is 11.5 Å². The molecule has 3 atom stereocenters. The van der Waals surface area contributed by atoms with E-state index in [0.29, 0.717) is 22.3 Å². The Morgan fingerprint density at radius 3 is 2.72 bits per heavy atom. The monoisotopic (exact) mass is 742 g/mol. The van der Waals surface area contributed by atoms with Crippen LogP contribution in [0.4, 0.5) is 10.9 Å². The van der Waals surface area contributed by atoms with E-state index in [0.717, 1.165) is 65.3 Å². The first-order chi connectivity index (χ1) is 23.9. The Labute approximate surface area is 296 Å². The number of benzene rings is 1. The first kappa shape index (κ1) is 34.8. The average Bonchev–Trinajstić information content (AvgIpc) is 3.53. The van der Waals surface area contributed by atoms with Crippen LogP contribution in [0.2, 0.25) is 0 Å². The fraction of sp³-hybridized carbons (Fsp3) is 0.300. The van der Waals surface area contributed by atoms with E-state index in [1.54, 1.807) is 16.8 Å². The van der Waals surface area contributed by atoms with Gasteiger partial charge in [0.05, 0.1) is 5.56 Å². The summed E-state index contributed by atoms with van der Waals surface area (Å²) in [4.78, 5) is 53.8. The normalized spacial score (nSPS) is 19.5. The van der Waals surface area contributed by atoms with Crippen LogP contribution < -0.4 is 27.3 Å². The Hall–Kier alpha value is -5.05. The van der Waals surface area contributed by atoms with E-state index < -0.39 is 52.7 Å². The van der Waals surface area contributed by atoms with E-state index in [1.165, 1.54) is 35.0 Å². The number of aliphatic carboxylic acids is 1. The van der Waals surface area contributed by atoms with Gasteiger partial charge in [-0.3, -0.25) is 20.3 Å². The number of oxime groups is 1. The minimum absolute atomic E-state index is 0.00415. The van der Waals surface area contributed by atoms with Crippen LogP contribution in [0, 0.1) is 0 Å². The zero-order valence-corrected chi connectivity index (χ0v) is 28.5. The lowest BCUT2D eigenvalue weighted by Crippen LogP contribution is -2.71. The number of hydrogen-bond acceptors (Lipinski definition) is 16. The molecule has 3 aromatic rings. The maximum Gasteiger partial charge on any atom is 0.385 e. The van der Waals surface area contributed by atoms with Crippen molar-refractivity contribution in [1.29, 1.82) is 0 Å². The molecule has 1 fully saturated rings. The molecule has 0 unspecified atom stereocenters. The summed E-state index contributed by atoms with van der Waals surface area (Å²) in [6.07, 6.45) is 5.37. The van der Waals surface area contributed by atoms with Gasteiger partial charge in [-0.25, -0.2) is 9.78 Å². The van der Waals surface area contributed by atoms with Gasteiger partial charge in [0.15, 0.2) is 22.3 Å². The number of aromatic nitrogens is 3. The maximum absolute atomic E-state index is 13.4. The van der Waals surface area contributed by atoms with Crippen LogP contribution in [-0.4, -0.2) is 81.7 Å². The molecule has 2 aromatic heterocycles. The molecule has 0 spiro atoms. The molecule has 262 valence electrons. The number of carboxylic acids is 1. The highest BCUT2D eigenvalue weighted by atomic mass is 32.2. The van der Waals surface area contributed by atoms with Crippen molar-refractivity contribution in [2.24, 2.45) is 5.16 Å². The number of thioether (sulfide) groups is 2. The van der Waals surface area contributed by atoms with Crippen molar-refractivity contribution in [2.75, 3.05) is 28.8 Å². The number of phenolic OH excluding ortho intramolecular Hbond substituents is 2. The second-order valence-corrected chi connectivity index (χ2v) is 14.2. The Balaban J connectivity index is 1.14. The molecule has 50 heavy (non-hydrogen) atoms. The fourth-order valence-electron chi connectivity index (χ4n) is 5.62. The van der Waals surface area contributed by atoms with Crippen LogP contribution >= 0.6 is 34.9 Å². The number of carboxylic acid groups (broad SMARTS) is 1. The summed E-state index contributed by atoms with van der Waals surface area (Å²) in [7, 11) is 0. The lowest BCUT2D eigenvalue weighted by molar-refractivity contribution is -0.690. The number of hydrogen-bond donors (Lipinski definition) is 8. The number of phenols is 2. The number of fused-ring (bicyclic) bond motifs is 2. The van der Waals surface area contributed by atoms with Crippen LogP contribution in [-0.2, 0) is 32.1 Å². The summed E-state index contributed by atoms with van der Waals surface area (Å²) in [6, 6.07) is 2.34. The number of amides is 2. The summed E-state index contributed by atoms with van der Waals surface area (Å²) in [5.74, 6) is 3.66. The average molecular weight is 743 g/mol. The minimum Gasteiger partial charge on any atom is -0.504 e. The molecule has 3 aliphatic rings. The number of aliphatic hydroxyl groups excluding tert-OH is 1. The third-order valence-corrected chi connectivity index (χ3v) is 11.0. The van der Waals surface area contributed by atoms with Crippen LogP contribution in [0.1, 0.15) is 41.6 Å². The lowest BCUT2D eigenvalue weighted by atomic mass is 9.96. The van der Waals surface area contributed by atoms with Gasteiger partial charge in [0.2, 0.25) is 5.82 Å². The van der Waals surface area contributed by atoms with Crippen molar-refractivity contribution in [2.45, 2.75) is 48.5 Å². The van der Waals surface area contributed by atoms with Gasteiger partial charge < -0.3 is 42.0 Å². The smallest absolute Gasteiger partial charge is 0.385 e. The highest BCUT2D eigenvalue weighted by Crippen LogP contribution is 2.41. The molecule has 1 saturated heterocycles. The molecule has 0 radical (unpaired) electrons. The molecular weight excluding hydrogens is 711 g/mol. The standard InChI is InChI=1S/C30H31N9O8S3/c31-23-15-5-1-2-6-17(15)39(33)30(36-23)48-9-3-4-14-11-49-26-21(25(43)38(26)22(14)27(44)45)35-24(42)20(16-12-50-29(32)34-16)37-47-28(46)13-7-8-18(40)19(41)10-13/h3-4,7-8,10,12,21,26,28,31,46H,1-2,5-6,9,11,33H2,(H6,32,34,35,37,40,41,42,44,45)/p+1/b4-3+/t21-,26-,28+/m1/s1. The van der Waals surface area contributed by atoms with E-state index in [2.05, 4.69) is 20.4 Å². The van der Waals surface area contributed by atoms with Gasteiger partial charge in [0.25, 0.3) is 18.1 Å². The number of carbonyl (C=O) groups excluding carboxylic acids is 2. The van der Waals surface area contributed by atoms with Gasteiger partial charge in [-0.2, -0.15) is 0 Å². The van der Waals surface area contributed by atoms with E-state index in [-0.39, 0.29) is 27.8 Å². The van der Waals surface area contributed by atoms with Gasteiger partial charge in [0, 0.05) is 28.9 Å². The number of nitrogens with zero attached hydrogens (tertiary/aromatic N) is 5. The van der Waals surface area contributed by atoms with E-state index in [1.807, 2.05) is 0 Å². The number of aromatic hydroxyl groups is 2. The van der Waals surface area contributed by atoms with Gasteiger partial charge in [-0.05, 0) is 59.8 Å². The number of β-lactam (4-membered cyclic amide) rings is 1. The van der Waals surface area contributed by atoms with Crippen molar-refractivity contribution in [3.05, 3.63) is 69.5 Å². The quantitative estimate of drug-likeness (QED) is 0.0153. The number of nitrogens with one attached hydrogen (secondary N) is 1. The SMILES string of the molecule is Nc1nc(/C(=N/O[C@H](O)c2ccc(O)c(O)c2)C(=O)N[C@@H]2C(=O)N3C(C(=O)O)=C(/C=C/CSc4nc(N)c5c([n+]4N)CCCC5)CS[C@H]23)cs1. The largest absolute Gasteiger partial charge is 0.504 e. The maximum atomic E-state index is 13.4. The molecule has 0 bridgehead atoms. The van der Waals surface area contributed by atoms with Crippen molar-refractivity contribution in [1.82, 2.24) is 20.2 Å². The summed E-state index contributed by atoms with van der Waals surface area (Å²) in [5.41, 5.74) is 13.7. The van der Waals surface area contributed by atoms with E-state index >= 15 is 0 Å². The topological polar surface area (TPSA) is 277 Å². The molecular formula is C30H32N9O8S3+. The summed E-state index contributed by atoms with van der Waals surface area (Å²) >= 11 is 3.63. The predicted molar refractivity (Wildman–Crippen MR) is 184 cm³/mol. The third-order valence-electron chi connectivity index (χ3n) is 8.08. The molecule has 6 rings (SSSR count). The number of rotatable bonds is 11. The van der Waals surface area contributed by atoms with Crippen LogP contribution in [0.25, 0.3) is 0 Å². The number of carbonyl (C=O) groups is 3. The van der Waals surface area contributed by atoms with Gasteiger partial charge >= 0.3 is 11.1 Å². The summed E-state index contributed by atoms with van der Waals surface area (Å²) in [5, 5.41) is 47.4. The zero-order valence-electron chi connectivity index (χ0n) is 26.1. The summed E-state index contributed by atoms with van der Waals surface area (Å²) < 4.78 is 1.56. The third kappa shape index (κ3) is 6.86. The zero-order chi connectivity index (χ0) is 35.7. The number of nitrogens with two attached hydrogens (primary N) is 3. The van der Waals surface area contributed by atoms with Crippen molar-refractivity contribution >= 4 is 69.3 Å². The minimum atomic E-state index is -1.76. The Morgan fingerprint density at radius 1 is 1.22 bits per heavy atom. The van der Waals surface area contributed by atoms with Gasteiger partial charge in [0.1, 0.15) is 28.5 Å². The Bertz CT molecular complexity index is 1970. The molecule has 11 N–H and O–H groups in total. The van der Waals surface area contributed by atoms with Crippen molar-refractivity contribution < 1.29 is 44.3 Å². The van der Waals surface area contributed by atoms with E-state index in [9.17, 15) is 34.8 Å². The Kier molecular flexibility index (Phi) is 10.0. The van der Waals surface area contributed by atoms with E-state index in [4.69, 9.17) is 22.1 Å².